The fourth-order valence-corrected chi connectivity index (χ4v) is 3.83. The van der Waals surface area contributed by atoms with E-state index in [2.05, 4.69) is 50.1 Å². The molecule has 2 aromatic carbocycles. The number of amides is 1. The van der Waals surface area contributed by atoms with Gasteiger partial charge in [0.15, 0.2) is 5.96 Å². The molecule has 4 rings (SSSR count). The van der Waals surface area contributed by atoms with Gasteiger partial charge in [-0.2, -0.15) is 0 Å². The highest BCUT2D eigenvalue weighted by molar-refractivity contribution is 14.0. The maximum Gasteiger partial charge on any atom is 0.251 e. The van der Waals surface area contributed by atoms with E-state index in [1.54, 1.807) is 19.4 Å². The standard InChI is InChI=1S/C25H29N5O2.HI/c1-26-25(29-21-12-13-30(18-21)22-9-3-2-4-10-22)28-16-19-7-5-8-20(15-19)24(31)27-17-23-11-6-14-32-23;/h2-11,14-15,21H,12-13,16-18H2,1H3,(H,27,31)(H2,26,28,29);1H. The van der Waals surface area contributed by atoms with Crippen LogP contribution in [0.3, 0.4) is 0 Å². The molecule has 174 valence electrons. The predicted octanol–water partition coefficient (Wildman–Crippen LogP) is 3.77. The van der Waals surface area contributed by atoms with E-state index in [1.807, 2.05) is 36.4 Å². The Kier molecular flexibility index (Phi) is 9.17. The number of para-hydroxylation sites is 1. The van der Waals surface area contributed by atoms with Gasteiger partial charge < -0.3 is 25.3 Å². The van der Waals surface area contributed by atoms with Crippen LogP contribution in [0.25, 0.3) is 0 Å². The van der Waals surface area contributed by atoms with Gasteiger partial charge in [-0.25, -0.2) is 0 Å². The van der Waals surface area contributed by atoms with E-state index in [0.717, 1.165) is 36.8 Å². The van der Waals surface area contributed by atoms with Crippen LogP contribution in [-0.4, -0.2) is 38.0 Å². The van der Waals surface area contributed by atoms with E-state index in [0.29, 0.717) is 24.7 Å². The number of nitrogens with zero attached hydrogens (tertiary/aromatic N) is 2. The fourth-order valence-electron chi connectivity index (χ4n) is 3.83. The van der Waals surface area contributed by atoms with Crippen LogP contribution in [0.4, 0.5) is 5.69 Å². The Balaban J connectivity index is 0.00000306. The van der Waals surface area contributed by atoms with Gasteiger partial charge in [-0.3, -0.25) is 9.79 Å². The smallest absolute Gasteiger partial charge is 0.251 e. The number of furan rings is 1. The molecule has 8 heteroatoms. The molecule has 1 aliphatic rings. The predicted molar refractivity (Wildman–Crippen MR) is 142 cm³/mol. The highest BCUT2D eigenvalue weighted by atomic mass is 127. The molecule has 1 unspecified atom stereocenters. The highest BCUT2D eigenvalue weighted by Crippen LogP contribution is 2.19. The second-order valence-corrected chi connectivity index (χ2v) is 7.80. The van der Waals surface area contributed by atoms with E-state index in [4.69, 9.17) is 4.42 Å². The lowest BCUT2D eigenvalue weighted by atomic mass is 10.1. The Bertz CT molecular complexity index is 1040. The first-order valence-corrected chi connectivity index (χ1v) is 10.9. The number of halogens is 1. The van der Waals surface area contributed by atoms with Crippen molar-refractivity contribution in [2.75, 3.05) is 25.0 Å². The first kappa shape index (κ1) is 24.6. The summed E-state index contributed by atoms with van der Waals surface area (Å²) >= 11 is 0. The lowest BCUT2D eigenvalue weighted by Gasteiger charge is -2.20. The number of nitrogens with one attached hydrogen (secondary N) is 3. The summed E-state index contributed by atoms with van der Waals surface area (Å²) in [5.41, 5.74) is 2.88. The normalized spacial score (nSPS) is 15.6. The van der Waals surface area contributed by atoms with Crippen LogP contribution in [0.5, 0.6) is 0 Å². The number of carbonyl (C=O) groups excluding carboxylic acids is 1. The van der Waals surface area contributed by atoms with Gasteiger partial charge in [0.2, 0.25) is 0 Å². The minimum absolute atomic E-state index is 0. The molecule has 0 bridgehead atoms. The van der Waals surface area contributed by atoms with Crippen LogP contribution in [-0.2, 0) is 13.1 Å². The van der Waals surface area contributed by atoms with Crippen molar-refractivity contribution in [3.05, 3.63) is 89.9 Å². The summed E-state index contributed by atoms with van der Waals surface area (Å²) in [6, 6.07) is 22.0. The number of benzene rings is 2. The number of carbonyl (C=O) groups is 1. The molecule has 2 heterocycles. The molecule has 3 N–H and O–H groups in total. The molecule has 7 nitrogen and oxygen atoms in total. The fraction of sp³-hybridized carbons (Fsp3) is 0.280. The van der Waals surface area contributed by atoms with E-state index in [-0.39, 0.29) is 29.9 Å². The minimum atomic E-state index is -0.127. The molecule has 0 aliphatic carbocycles. The monoisotopic (exact) mass is 559 g/mol. The van der Waals surface area contributed by atoms with E-state index >= 15 is 0 Å². The molecular formula is C25H30IN5O2. The van der Waals surface area contributed by atoms with E-state index < -0.39 is 0 Å². The summed E-state index contributed by atoms with van der Waals surface area (Å²) in [4.78, 5) is 19.2. The molecule has 0 saturated carbocycles. The largest absolute Gasteiger partial charge is 0.467 e. The SMILES string of the molecule is CN=C(NCc1cccc(C(=O)NCc2ccco2)c1)NC1CCN(c2ccccc2)C1.I. The van der Waals surface area contributed by atoms with Gasteiger partial charge in [-0.05, 0) is 48.4 Å². The van der Waals surface area contributed by atoms with Crippen molar-refractivity contribution in [1.29, 1.82) is 0 Å². The minimum Gasteiger partial charge on any atom is -0.467 e. The summed E-state index contributed by atoms with van der Waals surface area (Å²) in [6.45, 7) is 2.91. The third-order valence-corrected chi connectivity index (χ3v) is 5.53. The number of hydrogen-bond acceptors (Lipinski definition) is 4. The first-order chi connectivity index (χ1) is 15.7. The zero-order valence-electron chi connectivity index (χ0n) is 18.7. The average molecular weight is 559 g/mol. The van der Waals surface area contributed by atoms with Crippen molar-refractivity contribution in [3.63, 3.8) is 0 Å². The van der Waals surface area contributed by atoms with Crippen LogP contribution >= 0.6 is 24.0 Å². The number of rotatable bonds is 7. The lowest BCUT2D eigenvalue weighted by molar-refractivity contribution is 0.0948. The number of anilines is 1. The summed E-state index contributed by atoms with van der Waals surface area (Å²) in [5.74, 6) is 1.36. The van der Waals surface area contributed by atoms with Crippen LogP contribution in [0.1, 0.15) is 28.1 Å². The Morgan fingerprint density at radius 2 is 1.91 bits per heavy atom. The summed E-state index contributed by atoms with van der Waals surface area (Å²) in [7, 11) is 1.78. The Morgan fingerprint density at radius 1 is 1.06 bits per heavy atom. The van der Waals surface area contributed by atoms with Crippen molar-refractivity contribution in [2.24, 2.45) is 4.99 Å². The van der Waals surface area contributed by atoms with Gasteiger partial charge in [0.25, 0.3) is 5.91 Å². The van der Waals surface area contributed by atoms with Crippen molar-refractivity contribution >= 4 is 41.5 Å². The lowest BCUT2D eigenvalue weighted by Crippen LogP contribution is -2.44. The summed E-state index contributed by atoms with van der Waals surface area (Å²) in [6.07, 6.45) is 2.65. The molecule has 1 atom stereocenters. The Hall–Kier alpha value is -3.01. The van der Waals surface area contributed by atoms with Gasteiger partial charge in [0, 0.05) is 44.0 Å². The van der Waals surface area contributed by atoms with Crippen molar-refractivity contribution in [3.8, 4) is 0 Å². The highest BCUT2D eigenvalue weighted by Gasteiger charge is 2.23. The van der Waals surface area contributed by atoms with Crippen molar-refractivity contribution < 1.29 is 9.21 Å². The molecule has 1 aromatic heterocycles. The molecule has 33 heavy (non-hydrogen) atoms. The van der Waals surface area contributed by atoms with Gasteiger partial charge in [-0.1, -0.05) is 30.3 Å². The maximum atomic E-state index is 12.5. The Morgan fingerprint density at radius 3 is 2.67 bits per heavy atom. The second kappa shape index (κ2) is 12.3. The quantitative estimate of drug-likeness (QED) is 0.233. The van der Waals surface area contributed by atoms with Crippen LogP contribution < -0.4 is 20.9 Å². The molecule has 1 aliphatic heterocycles. The maximum absolute atomic E-state index is 12.5. The van der Waals surface area contributed by atoms with Crippen LogP contribution in [0.15, 0.2) is 82.4 Å². The third kappa shape index (κ3) is 6.98. The topological polar surface area (TPSA) is 81.9 Å². The first-order valence-electron chi connectivity index (χ1n) is 10.9. The van der Waals surface area contributed by atoms with Gasteiger partial charge >= 0.3 is 0 Å². The number of guanidine groups is 1. The second-order valence-electron chi connectivity index (χ2n) is 7.80. The molecule has 0 spiro atoms. The zero-order chi connectivity index (χ0) is 22.2. The summed E-state index contributed by atoms with van der Waals surface area (Å²) in [5, 5.41) is 9.75. The molecule has 1 saturated heterocycles. The van der Waals surface area contributed by atoms with E-state index in [1.165, 1.54) is 5.69 Å². The van der Waals surface area contributed by atoms with Gasteiger partial charge in [0.05, 0.1) is 12.8 Å². The molecule has 1 fully saturated rings. The molecule has 1 amide bonds. The number of aliphatic imine (C=N–C) groups is 1. The van der Waals surface area contributed by atoms with Crippen LogP contribution in [0, 0.1) is 0 Å². The molecule has 0 radical (unpaired) electrons. The third-order valence-electron chi connectivity index (χ3n) is 5.53. The Labute approximate surface area is 211 Å². The van der Waals surface area contributed by atoms with Crippen molar-refractivity contribution in [2.45, 2.75) is 25.6 Å². The molecular weight excluding hydrogens is 529 g/mol. The van der Waals surface area contributed by atoms with Crippen molar-refractivity contribution in [1.82, 2.24) is 16.0 Å². The number of hydrogen-bond donors (Lipinski definition) is 3. The van der Waals surface area contributed by atoms with Crippen LogP contribution in [0.2, 0.25) is 0 Å². The average Bonchev–Trinajstić information content (AvgIpc) is 3.53. The molecule has 3 aromatic rings. The summed E-state index contributed by atoms with van der Waals surface area (Å²) < 4.78 is 5.26. The van der Waals surface area contributed by atoms with E-state index in [9.17, 15) is 4.79 Å². The van der Waals surface area contributed by atoms with Gasteiger partial charge in [0.1, 0.15) is 5.76 Å². The zero-order valence-corrected chi connectivity index (χ0v) is 21.0. The van der Waals surface area contributed by atoms with Gasteiger partial charge in [-0.15, -0.1) is 24.0 Å².